The fourth-order valence-corrected chi connectivity index (χ4v) is 5.43. The average Bonchev–Trinajstić information content (AvgIpc) is 3.30. The number of hydrogen-bond donors (Lipinski definition) is 0. The van der Waals surface area contributed by atoms with Gasteiger partial charge >= 0.3 is 29.8 Å². The molecule has 0 unspecified atom stereocenters. The van der Waals surface area contributed by atoms with E-state index in [0.29, 0.717) is 0 Å². The predicted molar refractivity (Wildman–Crippen MR) is 134 cm³/mol. The van der Waals surface area contributed by atoms with E-state index in [1.165, 1.54) is 20.0 Å². The zero-order chi connectivity index (χ0) is 31.3. The van der Waals surface area contributed by atoms with Gasteiger partial charge in [0.25, 0.3) is 0 Å². The highest BCUT2D eigenvalue weighted by molar-refractivity contribution is 7.88. The maximum Gasteiger partial charge on any atom is 0.326 e. The van der Waals surface area contributed by atoms with E-state index in [-0.39, 0.29) is 5.69 Å². The van der Waals surface area contributed by atoms with Gasteiger partial charge in [0.1, 0.15) is 18.2 Å². The number of carbonyl (C=O) groups is 5. The van der Waals surface area contributed by atoms with Crippen molar-refractivity contribution < 1.29 is 60.8 Å². The minimum atomic E-state index is -3.98. The Morgan fingerprint density at radius 3 is 1.98 bits per heavy atom. The SMILES string of the molecule is COC(=O)C(C)(C)N(Cc1cn([C@@H]2O[C@H](COC(C)=O)[C@@H](OC(C)=O)[C@H](OC(C)=O)[C@H]2OC(C)=O)nn1)S(C)(=O)=O. The van der Waals surface area contributed by atoms with Crippen LogP contribution >= 0.6 is 0 Å². The number of hydrogen-bond acceptors (Lipinski definition) is 15. The largest absolute Gasteiger partial charge is 0.468 e. The van der Waals surface area contributed by atoms with Crippen LogP contribution < -0.4 is 0 Å². The molecule has 41 heavy (non-hydrogen) atoms. The lowest BCUT2D eigenvalue weighted by atomic mass is 9.97. The topological polar surface area (TPSA) is 209 Å². The van der Waals surface area contributed by atoms with Gasteiger partial charge in [-0.05, 0) is 13.8 Å². The fourth-order valence-electron chi connectivity index (χ4n) is 4.16. The van der Waals surface area contributed by atoms with E-state index >= 15 is 0 Å². The van der Waals surface area contributed by atoms with Crippen molar-refractivity contribution in [2.75, 3.05) is 20.0 Å². The molecule has 18 heteroatoms. The Morgan fingerprint density at radius 2 is 1.49 bits per heavy atom. The smallest absolute Gasteiger partial charge is 0.326 e. The van der Waals surface area contributed by atoms with Crippen molar-refractivity contribution in [3.05, 3.63) is 11.9 Å². The van der Waals surface area contributed by atoms with Crippen molar-refractivity contribution in [1.29, 1.82) is 0 Å². The van der Waals surface area contributed by atoms with Gasteiger partial charge in [-0.1, -0.05) is 5.21 Å². The molecular weight excluding hydrogens is 572 g/mol. The van der Waals surface area contributed by atoms with E-state index in [4.69, 9.17) is 28.4 Å². The second kappa shape index (κ2) is 13.3. The van der Waals surface area contributed by atoms with E-state index in [9.17, 15) is 32.4 Å². The number of aromatic nitrogens is 3. The molecule has 2 heterocycles. The summed E-state index contributed by atoms with van der Waals surface area (Å²) < 4.78 is 59.0. The van der Waals surface area contributed by atoms with Gasteiger partial charge in [0.15, 0.2) is 24.5 Å². The monoisotopic (exact) mass is 606 g/mol. The molecule has 1 aromatic heterocycles. The summed E-state index contributed by atoms with van der Waals surface area (Å²) in [6.07, 6.45) is -4.74. The van der Waals surface area contributed by atoms with Crippen LogP contribution in [0.2, 0.25) is 0 Å². The zero-order valence-electron chi connectivity index (χ0n) is 23.9. The van der Waals surface area contributed by atoms with Crippen LogP contribution in [0.25, 0.3) is 0 Å². The molecule has 0 radical (unpaired) electrons. The molecule has 1 aromatic rings. The van der Waals surface area contributed by atoms with E-state index in [1.807, 2.05) is 0 Å². The van der Waals surface area contributed by atoms with Gasteiger partial charge in [0.05, 0.1) is 31.8 Å². The number of methoxy groups -OCH3 is 1. The van der Waals surface area contributed by atoms with Crippen LogP contribution in [0.4, 0.5) is 0 Å². The van der Waals surface area contributed by atoms with Crippen LogP contribution in [0.5, 0.6) is 0 Å². The van der Waals surface area contributed by atoms with Crippen LogP contribution in [0, 0.1) is 0 Å². The second-order valence-corrected chi connectivity index (χ2v) is 11.5. The quantitative estimate of drug-likeness (QED) is 0.224. The van der Waals surface area contributed by atoms with Gasteiger partial charge in [0, 0.05) is 27.7 Å². The summed E-state index contributed by atoms with van der Waals surface area (Å²) >= 11 is 0. The first-order chi connectivity index (χ1) is 18.9. The van der Waals surface area contributed by atoms with Crippen LogP contribution in [0.1, 0.15) is 53.5 Å². The molecule has 17 nitrogen and oxygen atoms in total. The Bertz CT molecular complexity index is 1260. The molecule has 0 aliphatic carbocycles. The molecule has 2 rings (SSSR count). The van der Waals surface area contributed by atoms with Crippen LogP contribution in [-0.2, 0) is 69.0 Å². The van der Waals surface area contributed by atoms with Crippen LogP contribution in [-0.4, -0.2) is 107 Å². The molecule has 0 spiro atoms. The van der Waals surface area contributed by atoms with Gasteiger partial charge in [-0.3, -0.25) is 24.0 Å². The summed E-state index contributed by atoms with van der Waals surface area (Å²) in [5.41, 5.74) is -1.58. The standard InChI is InChI=1S/C23H34N4O13S/c1-12(28)36-11-17-18(37-13(2)29)19(38-14(3)30)20(39-15(4)31)21(40-17)26-9-16(24-25-26)10-27(41(8,33)34)23(5,6)22(32)35-7/h9,17-21H,10-11H2,1-8H3/t17-,18-,19+,20-,21-/m1/s1. The van der Waals surface area contributed by atoms with Gasteiger partial charge in [-0.2, -0.15) is 4.31 Å². The Hall–Kier alpha value is -3.64. The lowest BCUT2D eigenvalue weighted by Gasteiger charge is -2.44. The third-order valence-electron chi connectivity index (χ3n) is 5.80. The van der Waals surface area contributed by atoms with Gasteiger partial charge in [0.2, 0.25) is 10.0 Å². The first-order valence-corrected chi connectivity index (χ1v) is 14.0. The fraction of sp³-hybridized carbons (Fsp3) is 0.696. The minimum Gasteiger partial charge on any atom is -0.468 e. The van der Waals surface area contributed by atoms with E-state index in [2.05, 4.69) is 10.3 Å². The first-order valence-electron chi connectivity index (χ1n) is 12.2. The molecule has 0 saturated carbocycles. The Morgan fingerprint density at radius 1 is 0.951 bits per heavy atom. The molecular formula is C23H34N4O13S. The summed E-state index contributed by atoms with van der Waals surface area (Å²) in [4.78, 5) is 59.8. The van der Waals surface area contributed by atoms with Crippen molar-refractivity contribution in [3.63, 3.8) is 0 Å². The summed E-state index contributed by atoms with van der Waals surface area (Å²) in [7, 11) is -2.87. The molecule has 5 atom stereocenters. The number of rotatable bonds is 11. The summed E-state index contributed by atoms with van der Waals surface area (Å²) in [6.45, 7) is 6.22. The van der Waals surface area contributed by atoms with Crippen LogP contribution in [0.3, 0.4) is 0 Å². The van der Waals surface area contributed by atoms with E-state index in [0.717, 1.165) is 50.0 Å². The van der Waals surface area contributed by atoms with Crippen molar-refractivity contribution in [2.45, 2.75) is 84.3 Å². The average molecular weight is 607 g/mol. The Kier molecular flexibility index (Phi) is 10.9. The Labute approximate surface area is 236 Å². The molecule has 1 fully saturated rings. The number of nitrogens with zero attached hydrogens (tertiary/aromatic N) is 4. The number of carbonyl (C=O) groups excluding carboxylic acids is 5. The van der Waals surface area contributed by atoms with Crippen molar-refractivity contribution in [1.82, 2.24) is 19.3 Å². The number of esters is 5. The summed E-state index contributed by atoms with van der Waals surface area (Å²) in [5, 5.41) is 7.93. The molecule has 1 aliphatic rings. The van der Waals surface area contributed by atoms with Crippen molar-refractivity contribution in [2.24, 2.45) is 0 Å². The van der Waals surface area contributed by atoms with Gasteiger partial charge in [-0.15, -0.1) is 5.10 Å². The maximum atomic E-state index is 12.6. The molecule has 1 saturated heterocycles. The predicted octanol–water partition coefficient (Wildman–Crippen LogP) is -0.753. The van der Waals surface area contributed by atoms with Crippen LogP contribution in [0.15, 0.2) is 6.20 Å². The molecule has 1 aliphatic heterocycles. The van der Waals surface area contributed by atoms with Crippen molar-refractivity contribution in [3.8, 4) is 0 Å². The minimum absolute atomic E-state index is 0.0419. The Balaban J connectivity index is 2.57. The highest BCUT2D eigenvalue weighted by Crippen LogP contribution is 2.34. The molecule has 0 N–H and O–H groups in total. The lowest BCUT2D eigenvalue weighted by molar-refractivity contribution is -0.270. The number of ether oxygens (including phenoxy) is 6. The summed E-state index contributed by atoms with van der Waals surface area (Å²) in [5.74, 6) is -3.93. The third kappa shape index (κ3) is 8.67. The summed E-state index contributed by atoms with van der Waals surface area (Å²) in [6, 6.07) is 0. The highest BCUT2D eigenvalue weighted by atomic mass is 32.2. The first kappa shape index (κ1) is 33.6. The molecule has 0 amide bonds. The molecule has 0 aromatic carbocycles. The zero-order valence-corrected chi connectivity index (χ0v) is 24.7. The molecule has 230 valence electrons. The van der Waals surface area contributed by atoms with E-state index in [1.54, 1.807) is 0 Å². The van der Waals surface area contributed by atoms with Crippen molar-refractivity contribution >= 4 is 39.9 Å². The molecule has 0 bridgehead atoms. The second-order valence-electron chi connectivity index (χ2n) is 9.60. The van der Waals surface area contributed by atoms with Gasteiger partial charge in [-0.25, -0.2) is 13.1 Å². The third-order valence-corrected chi connectivity index (χ3v) is 7.19. The normalized spacial score (nSPS) is 22.9. The van der Waals surface area contributed by atoms with E-state index < -0.39 is 89.2 Å². The highest BCUT2D eigenvalue weighted by Gasteiger charge is 2.53. The maximum absolute atomic E-state index is 12.6. The lowest BCUT2D eigenvalue weighted by Crippen LogP contribution is -2.60. The number of sulfonamides is 1. The van der Waals surface area contributed by atoms with Gasteiger partial charge < -0.3 is 28.4 Å².